The highest BCUT2D eigenvalue weighted by Gasteiger charge is 2.15. The number of esters is 1. The summed E-state index contributed by atoms with van der Waals surface area (Å²) in [5.74, 6) is -0.317. The van der Waals surface area contributed by atoms with E-state index >= 15 is 0 Å². The second-order valence-corrected chi connectivity index (χ2v) is 5.53. The molecular formula is C17H15NO2S. The molecule has 0 atom stereocenters. The number of H-pyrrole nitrogens is 1. The molecule has 0 unspecified atom stereocenters. The molecule has 21 heavy (non-hydrogen) atoms. The molecule has 0 fully saturated rings. The maximum absolute atomic E-state index is 12.0. The zero-order valence-corrected chi connectivity index (χ0v) is 12.7. The van der Waals surface area contributed by atoms with E-state index < -0.39 is 0 Å². The molecule has 106 valence electrons. The molecule has 0 spiro atoms. The van der Waals surface area contributed by atoms with Crippen molar-refractivity contribution in [3.63, 3.8) is 0 Å². The van der Waals surface area contributed by atoms with Gasteiger partial charge in [0.15, 0.2) is 0 Å². The van der Waals surface area contributed by atoms with Crippen LogP contribution in [0.25, 0.3) is 22.0 Å². The number of hydrogen-bond acceptors (Lipinski definition) is 3. The van der Waals surface area contributed by atoms with Crippen molar-refractivity contribution >= 4 is 28.6 Å². The Morgan fingerprint density at radius 1 is 1.14 bits per heavy atom. The van der Waals surface area contributed by atoms with E-state index in [1.165, 1.54) is 12.0 Å². The molecule has 0 bridgehead atoms. The van der Waals surface area contributed by atoms with Crippen LogP contribution in [0.15, 0.2) is 53.6 Å². The lowest BCUT2D eigenvalue weighted by Gasteiger charge is -2.05. The number of hydrogen-bond donors (Lipinski definition) is 1. The molecule has 0 aliphatic carbocycles. The molecule has 1 heterocycles. The lowest BCUT2D eigenvalue weighted by atomic mass is 10.0. The van der Waals surface area contributed by atoms with Crippen molar-refractivity contribution in [2.24, 2.45) is 0 Å². The van der Waals surface area contributed by atoms with E-state index in [0.717, 1.165) is 22.0 Å². The van der Waals surface area contributed by atoms with Gasteiger partial charge in [-0.3, -0.25) is 0 Å². The van der Waals surface area contributed by atoms with Crippen LogP contribution in [0, 0.1) is 0 Å². The maximum atomic E-state index is 12.0. The van der Waals surface area contributed by atoms with E-state index in [-0.39, 0.29) is 5.97 Å². The highest BCUT2D eigenvalue weighted by atomic mass is 32.2. The van der Waals surface area contributed by atoms with Crippen molar-refractivity contribution in [2.75, 3.05) is 13.4 Å². The van der Waals surface area contributed by atoms with Gasteiger partial charge in [-0.1, -0.05) is 18.2 Å². The van der Waals surface area contributed by atoms with Crippen LogP contribution in [0.2, 0.25) is 0 Å². The first-order valence-electron chi connectivity index (χ1n) is 6.57. The summed E-state index contributed by atoms with van der Waals surface area (Å²) in [6.07, 6.45) is 3.99. The standard InChI is InChI=1S/C17H15NO2S/c1-20-17(19)13-4-3-5-15-16(13)14(10-18-15)11-6-8-12(21-2)9-7-11/h3-10,18H,1-2H3. The molecule has 2 aromatic carbocycles. The molecule has 3 aromatic rings. The Morgan fingerprint density at radius 2 is 1.90 bits per heavy atom. The number of thioether (sulfide) groups is 1. The van der Waals surface area contributed by atoms with Gasteiger partial charge in [0, 0.05) is 27.6 Å². The number of ether oxygens (including phenoxy) is 1. The summed E-state index contributed by atoms with van der Waals surface area (Å²) in [6, 6.07) is 13.9. The number of benzene rings is 2. The Kier molecular flexibility index (Phi) is 3.71. The van der Waals surface area contributed by atoms with E-state index in [2.05, 4.69) is 35.5 Å². The largest absolute Gasteiger partial charge is 0.465 e. The molecule has 0 aliphatic heterocycles. The summed E-state index contributed by atoms with van der Waals surface area (Å²) < 4.78 is 4.88. The number of aromatic amines is 1. The Labute approximate surface area is 127 Å². The van der Waals surface area contributed by atoms with E-state index in [1.807, 2.05) is 18.3 Å². The second kappa shape index (κ2) is 5.66. The predicted molar refractivity (Wildman–Crippen MR) is 86.9 cm³/mol. The highest BCUT2D eigenvalue weighted by molar-refractivity contribution is 7.98. The zero-order chi connectivity index (χ0) is 14.8. The molecule has 0 saturated carbocycles. The SMILES string of the molecule is COC(=O)c1cccc2[nH]cc(-c3ccc(SC)cc3)c12. The topological polar surface area (TPSA) is 42.1 Å². The summed E-state index contributed by atoms with van der Waals surface area (Å²) in [4.78, 5) is 16.4. The average molecular weight is 297 g/mol. The van der Waals surface area contributed by atoms with Crippen molar-refractivity contribution in [1.82, 2.24) is 4.98 Å². The summed E-state index contributed by atoms with van der Waals surface area (Å²) in [6.45, 7) is 0. The third-order valence-corrected chi connectivity index (χ3v) is 4.26. The van der Waals surface area contributed by atoms with Crippen LogP contribution >= 0.6 is 11.8 Å². The Balaban J connectivity index is 2.20. The first kappa shape index (κ1) is 13.8. The van der Waals surface area contributed by atoms with E-state index in [4.69, 9.17) is 4.74 Å². The predicted octanol–water partition coefficient (Wildman–Crippen LogP) is 4.34. The van der Waals surface area contributed by atoms with Gasteiger partial charge in [0.05, 0.1) is 12.7 Å². The third-order valence-electron chi connectivity index (χ3n) is 3.51. The minimum absolute atomic E-state index is 0.317. The molecule has 0 amide bonds. The second-order valence-electron chi connectivity index (χ2n) is 4.65. The minimum atomic E-state index is -0.317. The number of carbonyl (C=O) groups is 1. The van der Waals surface area contributed by atoms with E-state index in [1.54, 1.807) is 17.8 Å². The van der Waals surface area contributed by atoms with Gasteiger partial charge >= 0.3 is 5.97 Å². The van der Waals surface area contributed by atoms with Gasteiger partial charge in [-0.2, -0.15) is 0 Å². The van der Waals surface area contributed by atoms with E-state index in [0.29, 0.717) is 5.56 Å². The molecule has 0 aliphatic rings. The fourth-order valence-corrected chi connectivity index (χ4v) is 2.87. The summed E-state index contributed by atoms with van der Waals surface area (Å²) >= 11 is 1.71. The molecule has 0 radical (unpaired) electrons. The van der Waals surface area contributed by atoms with Gasteiger partial charge in [-0.15, -0.1) is 11.8 Å². The van der Waals surface area contributed by atoms with Gasteiger partial charge in [-0.05, 0) is 36.1 Å². The number of nitrogens with one attached hydrogen (secondary N) is 1. The molecule has 1 N–H and O–H groups in total. The number of aromatic nitrogens is 1. The minimum Gasteiger partial charge on any atom is -0.465 e. The normalized spacial score (nSPS) is 10.8. The Hall–Kier alpha value is -2.20. The monoisotopic (exact) mass is 297 g/mol. The smallest absolute Gasteiger partial charge is 0.338 e. The first-order chi connectivity index (χ1) is 10.2. The Bertz CT molecular complexity index is 790. The van der Waals surface area contributed by atoms with Crippen LogP contribution in [0.3, 0.4) is 0 Å². The van der Waals surface area contributed by atoms with E-state index in [9.17, 15) is 4.79 Å². The highest BCUT2D eigenvalue weighted by Crippen LogP contribution is 2.32. The van der Waals surface area contributed by atoms with Crippen molar-refractivity contribution < 1.29 is 9.53 Å². The van der Waals surface area contributed by atoms with Crippen LogP contribution in [0.5, 0.6) is 0 Å². The van der Waals surface area contributed by atoms with Crippen molar-refractivity contribution in [1.29, 1.82) is 0 Å². The van der Waals surface area contributed by atoms with Gasteiger partial charge in [-0.25, -0.2) is 4.79 Å². The quantitative estimate of drug-likeness (QED) is 0.577. The van der Waals surface area contributed by atoms with Gasteiger partial charge < -0.3 is 9.72 Å². The Morgan fingerprint density at radius 3 is 2.57 bits per heavy atom. The van der Waals surface area contributed by atoms with Crippen molar-refractivity contribution in [2.45, 2.75) is 4.90 Å². The zero-order valence-electron chi connectivity index (χ0n) is 11.8. The molecule has 0 saturated heterocycles. The molecule has 3 nitrogen and oxygen atoms in total. The van der Waals surface area contributed by atoms with Crippen LogP contribution < -0.4 is 0 Å². The van der Waals surface area contributed by atoms with Crippen LogP contribution in [-0.4, -0.2) is 24.3 Å². The number of carbonyl (C=O) groups excluding carboxylic acids is 1. The van der Waals surface area contributed by atoms with Crippen molar-refractivity contribution in [3.8, 4) is 11.1 Å². The van der Waals surface area contributed by atoms with Gasteiger partial charge in [0.25, 0.3) is 0 Å². The lowest BCUT2D eigenvalue weighted by molar-refractivity contribution is 0.0603. The first-order valence-corrected chi connectivity index (χ1v) is 7.80. The summed E-state index contributed by atoms with van der Waals surface area (Å²) in [5.41, 5.74) is 3.61. The third kappa shape index (κ3) is 2.43. The average Bonchev–Trinajstić information content (AvgIpc) is 2.98. The van der Waals surface area contributed by atoms with Crippen LogP contribution in [-0.2, 0) is 4.74 Å². The molecule has 3 rings (SSSR count). The van der Waals surface area contributed by atoms with Gasteiger partial charge in [0.1, 0.15) is 0 Å². The summed E-state index contributed by atoms with van der Waals surface area (Å²) in [5, 5.41) is 0.904. The molecule has 4 heteroatoms. The number of rotatable bonds is 3. The van der Waals surface area contributed by atoms with Crippen LogP contribution in [0.4, 0.5) is 0 Å². The fourth-order valence-electron chi connectivity index (χ4n) is 2.46. The summed E-state index contributed by atoms with van der Waals surface area (Å²) in [7, 11) is 1.40. The van der Waals surface area contributed by atoms with Crippen molar-refractivity contribution in [3.05, 3.63) is 54.2 Å². The molecule has 1 aromatic heterocycles. The van der Waals surface area contributed by atoms with Gasteiger partial charge in [0.2, 0.25) is 0 Å². The molecular weight excluding hydrogens is 282 g/mol. The van der Waals surface area contributed by atoms with Crippen LogP contribution in [0.1, 0.15) is 10.4 Å². The lowest BCUT2D eigenvalue weighted by Crippen LogP contribution is -2.01. The fraction of sp³-hybridized carbons (Fsp3) is 0.118. The number of fused-ring (bicyclic) bond motifs is 1. The number of methoxy groups -OCH3 is 1. The maximum Gasteiger partial charge on any atom is 0.338 e.